The van der Waals surface area contributed by atoms with Crippen molar-refractivity contribution in [2.45, 2.75) is 308 Å². The maximum absolute atomic E-state index is 12.9. The van der Waals surface area contributed by atoms with Gasteiger partial charge in [0.2, 0.25) is 0 Å². The summed E-state index contributed by atoms with van der Waals surface area (Å²) in [6, 6.07) is 0. The number of hydrogen-bond donors (Lipinski definition) is 0. The lowest BCUT2D eigenvalue weighted by Crippen LogP contribution is -2.30. The Morgan fingerprint density at radius 1 is 0.424 bits per heavy atom. The lowest BCUT2D eigenvalue weighted by Gasteiger charge is -2.18. The highest BCUT2D eigenvalue weighted by molar-refractivity contribution is 5.71. The number of epoxide rings is 3. The number of hydrogen-bond acceptors (Lipinski definition) is 11. The molecule has 3 fully saturated rings. The normalized spacial score (nSPS) is 22.1. The molecule has 0 aliphatic carbocycles. The second kappa shape index (κ2) is 38.0. The van der Waals surface area contributed by atoms with Gasteiger partial charge in [0.05, 0.1) is 49.8 Å². The van der Waals surface area contributed by atoms with Gasteiger partial charge in [-0.15, -0.1) is 0 Å². The summed E-state index contributed by atoms with van der Waals surface area (Å²) in [6.45, 7) is 12.1. The van der Waals surface area contributed by atoms with Crippen LogP contribution in [0.25, 0.3) is 0 Å². The first-order chi connectivity index (χ1) is 32.2. The highest BCUT2D eigenvalue weighted by atomic mass is 16.6. The molecule has 0 bridgehead atoms. The summed E-state index contributed by atoms with van der Waals surface area (Å²) in [7, 11) is 0. The third-order valence-corrected chi connectivity index (χ3v) is 13.7. The molecule has 66 heavy (non-hydrogen) atoms. The van der Waals surface area contributed by atoms with Gasteiger partial charge in [-0.3, -0.25) is 14.4 Å². The highest BCUT2D eigenvalue weighted by Gasteiger charge is 2.41. The fourth-order valence-corrected chi connectivity index (χ4v) is 9.04. The maximum Gasteiger partial charge on any atom is 0.306 e. The Morgan fingerprint density at radius 3 is 1.27 bits per heavy atom. The van der Waals surface area contributed by atoms with Crippen LogP contribution < -0.4 is 0 Å². The first kappa shape index (κ1) is 58.5. The van der Waals surface area contributed by atoms with Crippen LogP contribution in [0.15, 0.2) is 0 Å². The molecule has 3 aliphatic heterocycles. The molecule has 0 N–H and O–H groups in total. The van der Waals surface area contributed by atoms with E-state index in [9.17, 15) is 14.4 Å². The Hall–Kier alpha value is -1.79. The minimum atomic E-state index is -0.807. The van der Waals surface area contributed by atoms with Crippen LogP contribution in [0.2, 0.25) is 0 Å². The summed E-state index contributed by atoms with van der Waals surface area (Å²) in [5.74, 6) is -0.958. The summed E-state index contributed by atoms with van der Waals surface area (Å²) in [5.41, 5.74) is 0. The van der Waals surface area contributed by atoms with Gasteiger partial charge in [0.1, 0.15) is 25.4 Å². The third kappa shape index (κ3) is 31.4. The zero-order valence-corrected chi connectivity index (χ0v) is 43.1. The van der Waals surface area contributed by atoms with Gasteiger partial charge in [-0.25, -0.2) is 0 Å². The molecule has 0 amide bonds. The lowest BCUT2D eigenvalue weighted by molar-refractivity contribution is -0.167. The van der Waals surface area contributed by atoms with Crippen LogP contribution in [0.3, 0.4) is 0 Å². The molecule has 0 aromatic rings. The van der Waals surface area contributed by atoms with Crippen molar-refractivity contribution in [1.82, 2.24) is 0 Å². The number of esters is 3. The summed E-state index contributed by atoms with van der Waals surface area (Å²) < 4.78 is 46.1. The molecule has 0 saturated carbocycles. The zero-order chi connectivity index (χ0) is 47.5. The van der Waals surface area contributed by atoms with E-state index in [2.05, 4.69) is 34.6 Å². The van der Waals surface area contributed by atoms with Gasteiger partial charge in [-0.1, -0.05) is 168 Å². The van der Waals surface area contributed by atoms with Gasteiger partial charge in [0, 0.05) is 25.7 Å². The molecule has 386 valence electrons. The van der Waals surface area contributed by atoms with E-state index in [0.717, 1.165) is 116 Å². The molecule has 0 spiro atoms. The third-order valence-electron chi connectivity index (χ3n) is 13.7. The molecule has 3 rings (SSSR count). The van der Waals surface area contributed by atoms with Gasteiger partial charge in [-0.2, -0.15) is 0 Å². The quantitative estimate of drug-likeness (QED) is 0.0250. The van der Waals surface area contributed by atoms with Crippen molar-refractivity contribution < 1.29 is 52.3 Å². The number of carbonyl (C=O) groups excluding carboxylic acids is 3. The molecule has 11 nitrogen and oxygen atoms in total. The fourth-order valence-electron chi connectivity index (χ4n) is 9.04. The lowest BCUT2D eigenvalue weighted by atomic mass is 10.0. The standard InChI is InChI=1S/C55H100O11/c1-6-9-11-12-13-14-15-16-17-18-19-24-32-38-55(58)63-46(40-61-53(56)36-30-25-20-22-28-34-48-51(65-48)42-59-44(4)33-27-10-7-2)41-62-54(57)37-31-26-21-23-29-35-49-52(66-49)43-60-45(5)39-50-47(8-3)64-50/h44-52H,6-43H2,1-5H3. The van der Waals surface area contributed by atoms with E-state index < -0.39 is 6.10 Å². The Bertz CT molecular complexity index is 1220. The van der Waals surface area contributed by atoms with E-state index in [0.29, 0.717) is 63.0 Å². The highest BCUT2D eigenvalue weighted by Crippen LogP contribution is 2.32. The Labute approximate surface area is 403 Å². The average Bonchev–Trinajstić information content (AvgIpc) is 4.24. The minimum absolute atomic E-state index is 0.105. The molecule has 0 aromatic carbocycles. The molecular formula is C55H100O11. The molecule has 3 saturated heterocycles. The van der Waals surface area contributed by atoms with E-state index in [-0.39, 0.29) is 49.4 Å². The molecule has 0 radical (unpaired) electrons. The van der Waals surface area contributed by atoms with E-state index in [1.54, 1.807) is 0 Å². The monoisotopic (exact) mass is 937 g/mol. The van der Waals surface area contributed by atoms with Crippen LogP contribution in [0.1, 0.15) is 253 Å². The van der Waals surface area contributed by atoms with Crippen LogP contribution in [0.5, 0.6) is 0 Å². The fraction of sp³-hybridized carbons (Fsp3) is 0.945. The summed E-state index contributed by atoms with van der Waals surface area (Å²) in [4.78, 5) is 38.2. The second-order valence-corrected chi connectivity index (χ2v) is 20.2. The summed E-state index contributed by atoms with van der Waals surface area (Å²) in [5, 5.41) is 0. The molecule has 11 heteroatoms. The smallest absolute Gasteiger partial charge is 0.306 e. The maximum atomic E-state index is 12.9. The van der Waals surface area contributed by atoms with Crippen LogP contribution in [-0.2, 0) is 52.3 Å². The summed E-state index contributed by atoms with van der Waals surface area (Å²) >= 11 is 0. The number of unbranched alkanes of at least 4 members (excludes halogenated alkanes) is 22. The van der Waals surface area contributed by atoms with Crippen molar-refractivity contribution in [3.63, 3.8) is 0 Å². The van der Waals surface area contributed by atoms with Crippen molar-refractivity contribution in [2.24, 2.45) is 0 Å². The van der Waals surface area contributed by atoms with E-state index in [1.165, 1.54) is 83.5 Å². The van der Waals surface area contributed by atoms with Gasteiger partial charge >= 0.3 is 17.9 Å². The van der Waals surface area contributed by atoms with Gasteiger partial charge in [0.25, 0.3) is 0 Å². The topological polar surface area (TPSA) is 135 Å². The van der Waals surface area contributed by atoms with Crippen molar-refractivity contribution >= 4 is 17.9 Å². The predicted molar refractivity (Wildman–Crippen MR) is 263 cm³/mol. The summed E-state index contributed by atoms with van der Waals surface area (Å²) in [6.07, 6.45) is 37.6. The SMILES string of the molecule is CCCCCCCCCCCCCCCC(=O)OC(COC(=O)CCCCCCCC1OC1COC(C)CCCCC)COC(=O)CCCCCCCC1OC1COC(C)CC1OC1CC. The predicted octanol–water partition coefficient (Wildman–Crippen LogP) is 13.4. The van der Waals surface area contributed by atoms with Crippen molar-refractivity contribution in [2.75, 3.05) is 26.4 Å². The van der Waals surface area contributed by atoms with Crippen LogP contribution in [0, 0.1) is 0 Å². The van der Waals surface area contributed by atoms with Gasteiger partial charge in [0.15, 0.2) is 6.10 Å². The minimum Gasteiger partial charge on any atom is -0.462 e. The molecular weight excluding hydrogens is 837 g/mol. The number of rotatable bonds is 48. The van der Waals surface area contributed by atoms with Crippen molar-refractivity contribution in [1.29, 1.82) is 0 Å². The molecule has 9 unspecified atom stereocenters. The Kier molecular flexibility index (Phi) is 33.7. The first-order valence-electron chi connectivity index (χ1n) is 27.9. The second-order valence-electron chi connectivity index (χ2n) is 20.2. The van der Waals surface area contributed by atoms with Gasteiger partial charge < -0.3 is 37.9 Å². The van der Waals surface area contributed by atoms with E-state index in [4.69, 9.17) is 37.9 Å². The number of carbonyl (C=O) groups is 3. The van der Waals surface area contributed by atoms with Gasteiger partial charge in [-0.05, 0) is 58.8 Å². The van der Waals surface area contributed by atoms with Crippen molar-refractivity contribution in [3.8, 4) is 0 Å². The molecule has 0 aromatic heterocycles. The van der Waals surface area contributed by atoms with Crippen LogP contribution in [-0.4, -0.2) is 99.3 Å². The van der Waals surface area contributed by atoms with Crippen LogP contribution >= 0.6 is 0 Å². The van der Waals surface area contributed by atoms with E-state index in [1.807, 2.05) is 0 Å². The van der Waals surface area contributed by atoms with Crippen molar-refractivity contribution in [3.05, 3.63) is 0 Å². The largest absolute Gasteiger partial charge is 0.462 e. The molecule has 9 atom stereocenters. The molecule has 3 heterocycles. The molecule has 3 aliphatic rings. The van der Waals surface area contributed by atoms with Crippen LogP contribution in [0.4, 0.5) is 0 Å². The Morgan fingerprint density at radius 2 is 0.818 bits per heavy atom. The van der Waals surface area contributed by atoms with E-state index >= 15 is 0 Å². The zero-order valence-electron chi connectivity index (χ0n) is 43.1. The Balaban J connectivity index is 1.22. The number of ether oxygens (including phenoxy) is 8. The first-order valence-corrected chi connectivity index (χ1v) is 27.9. The average molecular weight is 937 g/mol.